The van der Waals surface area contributed by atoms with Crippen LogP contribution in [0.15, 0.2) is 42.5 Å². The molecule has 1 N–H and O–H groups in total. The molecule has 1 unspecified atom stereocenters. The second-order valence-electron chi connectivity index (χ2n) is 7.09. The third-order valence-electron chi connectivity index (χ3n) is 4.66. The molecule has 0 aliphatic heterocycles. The highest BCUT2D eigenvalue weighted by Crippen LogP contribution is 2.24. The van der Waals surface area contributed by atoms with Crippen LogP contribution in [0.1, 0.15) is 39.6 Å². The van der Waals surface area contributed by atoms with E-state index in [4.69, 9.17) is 9.47 Å². The first-order valence-electron chi connectivity index (χ1n) is 9.70. The highest BCUT2D eigenvalue weighted by molar-refractivity contribution is 7.92. The maximum Gasteiger partial charge on any atom is 0.337 e. The molecule has 10 heteroatoms. The first-order chi connectivity index (χ1) is 15.0. The lowest BCUT2D eigenvalue weighted by Gasteiger charge is -2.30. The summed E-state index contributed by atoms with van der Waals surface area (Å²) < 4.78 is 35.6. The SMILES string of the molecule is CCC(C(=O)Nc1cc(C(=O)OC)cc(C(=O)OC)c1)N(c1ccc(C)cc1)S(C)(=O)=O. The van der Waals surface area contributed by atoms with Crippen LogP contribution < -0.4 is 9.62 Å². The first-order valence-corrected chi connectivity index (χ1v) is 11.5. The van der Waals surface area contributed by atoms with E-state index in [1.165, 1.54) is 32.4 Å². The van der Waals surface area contributed by atoms with Crippen LogP contribution >= 0.6 is 0 Å². The van der Waals surface area contributed by atoms with Gasteiger partial charge in [-0.3, -0.25) is 9.10 Å². The molecule has 0 aliphatic rings. The Balaban J connectivity index is 2.46. The van der Waals surface area contributed by atoms with Crippen molar-refractivity contribution in [2.45, 2.75) is 26.3 Å². The maximum atomic E-state index is 13.1. The van der Waals surface area contributed by atoms with Crippen LogP contribution in [0, 0.1) is 6.92 Å². The predicted molar refractivity (Wildman–Crippen MR) is 120 cm³/mol. The monoisotopic (exact) mass is 462 g/mol. The second-order valence-corrected chi connectivity index (χ2v) is 8.95. The van der Waals surface area contributed by atoms with Crippen LogP contribution in [0.25, 0.3) is 0 Å². The molecule has 0 saturated carbocycles. The Morgan fingerprint density at radius 1 is 0.969 bits per heavy atom. The summed E-state index contributed by atoms with van der Waals surface area (Å²) >= 11 is 0. The number of hydrogen-bond donors (Lipinski definition) is 1. The van der Waals surface area contributed by atoms with Crippen molar-refractivity contribution in [3.63, 3.8) is 0 Å². The number of rotatable bonds is 8. The molecular formula is C22H26N2O7S. The van der Waals surface area contributed by atoms with Crippen LogP contribution in [-0.4, -0.2) is 52.8 Å². The van der Waals surface area contributed by atoms with Gasteiger partial charge in [0.2, 0.25) is 15.9 Å². The Labute approximate surface area is 187 Å². The fourth-order valence-electron chi connectivity index (χ4n) is 3.15. The minimum atomic E-state index is -3.81. The molecule has 172 valence electrons. The Morgan fingerprint density at radius 2 is 1.47 bits per heavy atom. The highest BCUT2D eigenvalue weighted by Gasteiger charge is 2.31. The van der Waals surface area contributed by atoms with Crippen LogP contribution in [0.2, 0.25) is 0 Å². The average molecular weight is 463 g/mol. The molecule has 0 aromatic heterocycles. The number of amides is 1. The molecule has 2 aromatic carbocycles. The largest absolute Gasteiger partial charge is 0.465 e. The number of methoxy groups -OCH3 is 2. The smallest absolute Gasteiger partial charge is 0.337 e. The molecule has 0 bridgehead atoms. The third kappa shape index (κ3) is 5.85. The van der Waals surface area contributed by atoms with Crippen molar-refractivity contribution in [3.05, 3.63) is 59.2 Å². The van der Waals surface area contributed by atoms with Gasteiger partial charge < -0.3 is 14.8 Å². The summed E-state index contributed by atoms with van der Waals surface area (Å²) in [6, 6.07) is 9.62. The molecule has 1 atom stereocenters. The van der Waals surface area contributed by atoms with Gasteiger partial charge in [0.15, 0.2) is 0 Å². The number of carbonyl (C=O) groups is 3. The van der Waals surface area contributed by atoms with Crippen molar-refractivity contribution in [3.8, 4) is 0 Å². The van der Waals surface area contributed by atoms with Gasteiger partial charge in [0, 0.05) is 5.69 Å². The standard InChI is InChI=1S/C22H26N2O7S/c1-6-19(24(32(5,28)29)18-9-7-14(2)8-10-18)20(25)23-17-12-15(21(26)30-3)11-16(13-17)22(27)31-4/h7-13,19H,6H2,1-5H3,(H,23,25). The molecular weight excluding hydrogens is 436 g/mol. The summed E-state index contributed by atoms with van der Waals surface area (Å²) in [5.41, 5.74) is 1.46. The quantitative estimate of drug-likeness (QED) is 0.599. The zero-order chi connectivity index (χ0) is 24.1. The molecule has 32 heavy (non-hydrogen) atoms. The number of carbonyl (C=O) groups excluding carboxylic acids is 3. The summed E-state index contributed by atoms with van der Waals surface area (Å²) in [7, 11) is -1.44. The minimum Gasteiger partial charge on any atom is -0.465 e. The fourth-order valence-corrected chi connectivity index (χ4v) is 4.36. The number of aryl methyl sites for hydroxylation is 1. The van der Waals surface area contributed by atoms with Crippen molar-refractivity contribution in [1.29, 1.82) is 0 Å². The van der Waals surface area contributed by atoms with E-state index in [9.17, 15) is 22.8 Å². The second kappa shape index (κ2) is 10.3. The molecule has 2 rings (SSSR count). The lowest BCUT2D eigenvalue weighted by Crippen LogP contribution is -2.47. The number of ether oxygens (including phenoxy) is 2. The Hall–Kier alpha value is -3.40. The topological polar surface area (TPSA) is 119 Å². The number of hydrogen-bond acceptors (Lipinski definition) is 7. The van der Waals surface area contributed by atoms with Gasteiger partial charge in [0.1, 0.15) is 6.04 Å². The van der Waals surface area contributed by atoms with Crippen LogP contribution in [-0.2, 0) is 24.3 Å². The van der Waals surface area contributed by atoms with E-state index in [1.54, 1.807) is 31.2 Å². The summed E-state index contributed by atoms with van der Waals surface area (Å²) in [5, 5.41) is 2.60. The minimum absolute atomic E-state index is 0.0252. The van der Waals surface area contributed by atoms with Gasteiger partial charge in [-0.25, -0.2) is 18.0 Å². The van der Waals surface area contributed by atoms with E-state index in [0.717, 1.165) is 16.1 Å². The highest BCUT2D eigenvalue weighted by atomic mass is 32.2. The Bertz CT molecular complexity index is 1080. The molecule has 0 aliphatic carbocycles. The number of benzene rings is 2. The van der Waals surface area contributed by atoms with Crippen LogP contribution in [0.4, 0.5) is 11.4 Å². The molecule has 2 aromatic rings. The summed E-state index contributed by atoms with van der Waals surface area (Å²) in [6.45, 7) is 3.55. The van der Waals surface area contributed by atoms with Gasteiger partial charge in [0.25, 0.3) is 0 Å². The van der Waals surface area contributed by atoms with E-state index >= 15 is 0 Å². The number of sulfonamides is 1. The summed E-state index contributed by atoms with van der Waals surface area (Å²) in [5.74, 6) is -2.05. The fraction of sp³-hybridized carbons (Fsp3) is 0.318. The molecule has 1 amide bonds. The Kier molecular flexibility index (Phi) is 7.98. The van der Waals surface area contributed by atoms with Gasteiger partial charge in [-0.2, -0.15) is 0 Å². The maximum absolute atomic E-state index is 13.1. The van der Waals surface area contributed by atoms with Gasteiger partial charge in [-0.15, -0.1) is 0 Å². The van der Waals surface area contributed by atoms with Crippen molar-refractivity contribution in [2.75, 3.05) is 30.1 Å². The lowest BCUT2D eigenvalue weighted by molar-refractivity contribution is -0.117. The summed E-state index contributed by atoms with van der Waals surface area (Å²) in [6.07, 6.45) is 1.20. The van der Waals surface area contributed by atoms with Crippen molar-refractivity contribution in [2.24, 2.45) is 0 Å². The molecule has 0 heterocycles. The zero-order valence-corrected chi connectivity index (χ0v) is 19.4. The van der Waals surface area contributed by atoms with Gasteiger partial charge in [-0.1, -0.05) is 24.6 Å². The zero-order valence-electron chi connectivity index (χ0n) is 18.5. The molecule has 0 radical (unpaired) electrons. The van der Waals surface area contributed by atoms with E-state index < -0.39 is 33.9 Å². The van der Waals surface area contributed by atoms with Crippen LogP contribution in [0.3, 0.4) is 0 Å². The lowest BCUT2D eigenvalue weighted by atomic mass is 10.1. The number of esters is 2. The normalized spacial score (nSPS) is 11.9. The van der Waals surface area contributed by atoms with Gasteiger partial charge in [0.05, 0.1) is 37.3 Å². The molecule has 9 nitrogen and oxygen atoms in total. The molecule has 0 saturated heterocycles. The summed E-state index contributed by atoms with van der Waals surface area (Å²) in [4.78, 5) is 37.1. The third-order valence-corrected chi connectivity index (χ3v) is 5.84. The number of anilines is 2. The first kappa shape index (κ1) is 24.9. The molecule has 0 fully saturated rings. The Morgan fingerprint density at radius 3 is 1.88 bits per heavy atom. The van der Waals surface area contributed by atoms with Gasteiger partial charge in [-0.05, 0) is 43.7 Å². The number of nitrogens with zero attached hydrogens (tertiary/aromatic N) is 1. The van der Waals surface area contributed by atoms with E-state index in [1.807, 2.05) is 6.92 Å². The molecule has 0 spiro atoms. The average Bonchev–Trinajstić information content (AvgIpc) is 2.75. The van der Waals surface area contributed by atoms with E-state index in [-0.39, 0.29) is 23.2 Å². The van der Waals surface area contributed by atoms with Gasteiger partial charge >= 0.3 is 11.9 Å². The van der Waals surface area contributed by atoms with Crippen molar-refractivity contribution < 1.29 is 32.3 Å². The number of nitrogens with one attached hydrogen (secondary N) is 1. The van der Waals surface area contributed by atoms with E-state index in [0.29, 0.717) is 5.69 Å². The van der Waals surface area contributed by atoms with Crippen molar-refractivity contribution in [1.82, 2.24) is 0 Å². The van der Waals surface area contributed by atoms with E-state index in [2.05, 4.69) is 5.32 Å². The van der Waals surface area contributed by atoms with Crippen molar-refractivity contribution >= 4 is 39.2 Å². The van der Waals surface area contributed by atoms with Crippen LogP contribution in [0.5, 0.6) is 0 Å². The predicted octanol–water partition coefficient (Wildman–Crippen LogP) is 2.75.